The van der Waals surface area contributed by atoms with Crippen molar-refractivity contribution in [2.24, 2.45) is 11.8 Å². The van der Waals surface area contributed by atoms with Gasteiger partial charge >= 0.3 is 5.97 Å². The topological polar surface area (TPSA) is 76.6 Å². The molecule has 3 rings (SSSR count). The Hall–Kier alpha value is -2.24. The monoisotopic (exact) mass is 358 g/mol. The molecule has 0 N–H and O–H groups in total. The molecule has 6 nitrogen and oxygen atoms in total. The van der Waals surface area contributed by atoms with Crippen LogP contribution in [-0.2, 0) is 25.5 Å². The molecule has 0 aromatic carbocycles. The van der Waals surface area contributed by atoms with Crippen molar-refractivity contribution < 1.29 is 19.1 Å². The molecule has 140 valence electrons. The summed E-state index contributed by atoms with van der Waals surface area (Å²) in [6.45, 7) is 2.41. The normalized spacial score (nSPS) is 22.4. The van der Waals surface area contributed by atoms with Crippen molar-refractivity contribution in [1.82, 2.24) is 9.88 Å². The lowest BCUT2D eigenvalue weighted by atomic mass is 9.81. The maximum atomic E-state index is 12.4. The second kappa shape index (κ2) is 8.43. The summed E-state index contributed by atoms with van der Waals surface area (Å²) in [6.07, 6.45) is 5.12. The van der Waals surface area contributed by atoms with Gasteiger partial charge in [0.15, 0.2) is 0 Å². The minimum absolute atomic E-state index is 0.0691. The van der Waals surface area contributed by atoms with Crippen LogP contribution in [0, 0.1) is 18.8 Å². The third-order valence-corrected chi connectivity index (χ3v) is 5.26. The van der Waals surface area contributed by atoms with Gasteiger partial charge in [0.25, 0.3) is 0 Å². The predicted molar refractivity (Wildman–Crippen MR) is 95.0 cm³/mol. The Balaban J connectivity index is 1.37. The molecule has 2 unspecified atom stereocenters. The molecule has 2 amide bonds. The van der Waals surface area contributed by atoms with E-state index in [4.69, 9.17) is 4.74 Å². The average molecular weight is 358 g/mol. The van der Waals surface area contributed by atoms with Crippen LogP contribution in [0.5, 0.6) is 0 Å². The third kappa shape index (κ3) is 4.29. The minimum atomic E-state index is -0.363. The number of nitrogens with zero attached hydrogens (tertiary/aromatic N) is 2. The Morgan fingerprint density at radius 3 is 2.54 bits per heavy atom. The number of hydrogen-bond donors (Lipinski definition) is 0. The number of fused-ring (bicyclic) bond motifs is 1. The lowest BCUT2D eigenvalue weighted by molar-refractivity contribution is -0.145. The summed E-state index contributed by atoms with van der Waals surface area (Å²) in [7, 11) is 0. The number of pyridine rings is 1. The van der Waals surface area contributed by atoms with Crippen LogP contribution in [0.2, 0.25) is 0 Å². The number of likely N-dealkylation sites (tertiary alicyclic amines) is 1. The fraction of sp³-hybridized carbons (Fsp3) is 0.600. The van der Waals surface area contributed by atoms with E-state index in [0.29, 0.717) is 13.0 Å². The lowest BCUT2D eigenvalue weighted by Gasteiger charge is -2.19. The van der Waals surface area contributed by atoms with Crippen molar-refractivity contribution >= 4 is 17.8 Å². The number of amides is 2. The second-order valence-electron chi connectivity index (χ2n) is 7.17. The summed E-state index contributed by atoms with van der Waals surface area (Å²) >= 11 is 0. The molecule has 0 bridgehead atoms. The van der Waals surface area contributed by atoms with E-state index in [0.717, 1.165) is 43.5 Å². The first-order valence-corrected chi connectivity index (χ1v) is 9.49. The number of carbonyl (C=O) groups excluding carboxylic acids is 3. The van der Waals surface area contributed by atoms with Gasteiger partial charge in [-0.2, -0.15) is 0 Å². The minimum Gasteiger partial charge on any atom is -0.466 e. The summed E-state index contributed by atoms with van der Waals surface area (Å²) < 4.78 is 5.23. The summed E-state index contributed by atoms with van der Waals surface area (Å²) in [6, 6.07) is 5.87. The molecule has 2 aliphatic rings. The molecular formula is C20H26N2O4. The fourth-order valence-electron chi connectivity index (χ4n) is 3.90. The zero-order valence-corrected chi connectivity index (χ0v) is 15.3. The van der Waals surface area contributed by atoms with Crippen LogP contribution >= 0.6 is 0 Å². The molecule has 2 heterocycles. The first kappa shape index (κ1) is 18.5. The highest BCUT2D eigenvalue weighted by Gasteiger charge is 2.47. The highest BCUT2D eigenvalue weighted by atomic mass is 16.5. The number of imide groups is 1. The SMILES string of the molecule is Cc1cccc(CCCOC(=O)CCN2C(=O)C3CCCCC3C2=O)n1. The van der Waals surface area contributed by atoms with Gasteiger partial charge in [-0.1, -0.05) is 18.9 Å². The first-order chi connectivity index (χ1) is 12.6. The first-order valence-electron chi connectivity index (χ1n) is 9.49. The highest BCUT2D eigenvalue weighted by Crippen LogP contribution is 2.37. The number of carbonyl (C=O) groups is 3. The van der Waals surface area contributed by atoms with E-state index in [2.05, 4.69) is 4.98 Å². The zero-order chi connectivity index (χ0) is 18.5. The predicted octanol–water partition coefficient (Wildman–Crippen LogP) is 2.43. The maximum Gasteiger partial charge on any atom is 0.307 e. The summed E-state index contributed by atoms with van der Waals surface area (Å²) in [5.41, 5.74) is 1.96. The molecule has 1 aliphatic carbocycles. The zero-order valence-electron chi connectivity index (χ0n) is 15.3. The second-order valence-corrected chi connectivity index (χ2v) is 7.17. The van der Waals surface area contributed by atoms with Crippen LogP contribution < -0.4 is 0 Å². The number of aryl methyl sites for hydroxylation is 2. The Bertz CT molecular complexity index is 664. The van der Waals surface area contributed by atoms with Gasteiger partial charge < -0.3 is 4.74 Å². The van der Waals surface area contributed by atoms with E-state index in [9.17, 15) is 14.4 Å². The molecular weight excluding hydrogens is 332 g/mol. The molecule has 6 heteroatoms. The lowest BCUT2D eigenvalue weighted by Crippen LogP contribution is -2.33. The van der Waals surface area contributed by atoms with Crippen molar-refractivity contribution in [2.75, 3.05) is 13.2 Å². The number of rotatable bonds is 7. The Labute approximate surface area is 153 Å². The van der Waals surface area contributed by atoms with Crippen LogP contribution in [0.1, 0.15) is 49.9 Å². The van der Waals surface area contributed by atoms with Gasteiger partial charge in [0.2, 0.25) is 11.8 Å². The average Bonchev–Trinajstić information content (AvgIpc) is 2.88. The summed E-state index contributed by atoms with van der Waals surface area (Å²) in [5, 5.41) is 0. The van der Waals surface area contributed by atoms with E-state index in [1.54, 1.807) is 0 Å². The summed E-state index contributed by atoms with van der Waals surface area (Å²) in [5.74, 6) is -0.878. The van der Waals surface area contributed by atoms with Gasteiger partial charge in [-0.3, -0.25) is 24.3 Å². The van der Waals surface area contributed by atoms with Crippen molar-refractivity contribution in [2.45, 2.75) is 51.9 Å². The van der Waals surface area contributed by atoms with Gasteiger partial charge in [-0.25, -0.2) is 0 Å². The molecule has 0 radical (unpaired) electrons. The Morgan fingerprint density at radius 1 is 1.19 bits per heavy atom. The molecule has 1 saturated carbocycles. The van der Waals surface area contributed by atoms with Crippen molar-refractivity contribution in [1.29, 1.82) is 0 Å². The maximum absolute atomic E-state index is 12.4. The molecule has 1 aromatic rings. The quantitative estimate of drug-likeness (QED) is 0.425. The van der Waals surface area contributed by atoms with Crippen LogP contribution in [0.4, 0.5) is 0 Å². The number of hydrogen-bond acceptors (Lipinski definition) is 5. The highest BCUT2D eigenvalue weighted by molar-refractivity contribution is 6.05. The van der Waals surface area contributed by atoms with Crippen LogP contribution in [-0.4, -0.2) is 40.8 Å². The van der Waals surface area contributed by atoms with E-state index in [-0.39, 0.29) is 42.6 Å². The third-order valence-electron chi connectivity index (χ3n) is 5.26. The van der Waals surface area contributed by atoms with Gasteiger partial charge in [0.05, 0.1) is 24.9 Å². The molecule has 26 heavy (non-hydrogen) atoms. The molecule has 1 saturated heterocycles. The van der Waals surface area contributed by atoms with Crippen molar-refractivity contribution in [3.63, 3.8) is 0 Å². The fourth-order valence-corrected chi connectivity index (χ4v) is 3.90. The van der Waals surface area contributed by atoms with Crippen molar-refractivity contribution in [3.05, 3.63) is 29.6 Å². The molecule has 1 aromatic heterocycles. The number of ether oxygens (including phenoxy) is 1. The Morgan fingerprint density at radius 2 is 1.88 bits per heavy atom. The Kier molecular flexibility index (Phi) is 6.01. The molecule has 1 aliphatic heterocycles. The van der Waals surface area contributed by atoms with Crippen LogP contribution in [0.15, 0.2) is 18.2 Å². The smallest absolute Gasteiger partial charge is 0.307 e. The van der Waals surface area contributed by atoms with E-state index in [1.807, 2.05) is 25.1 Å². The van der Waals surface area contributed by atoms with Crippen LogP contribution in [0.3, 0.4) is 0 Å². The van der Waals surface area contributed by atoms with Crippen LogP contribution in [0.25, 0.3) is 0 Å². The van der Waals surface area contributed by atoms with E-state index < -0.39 is 0 Å². The standard InChI is InChI=1S/C20H26N2O4/c1-14-6-4-7-15(21-14)8-5-13-26-18(23)11-12-22-19(24)16-9-2-3-10-17(16)20(22)25/h4,6-7,16-17H,2-3,5,8-13H2,1H3. The van der Waals surface area contributed by atoms with E-state index in [1.165, 1.54) is 4.90 Å². The van der Waals surface area contributed by atoms with Gasteiger partial charge in [-0.15, -0.1) is 0 Å². The van der Waals surface area contributed by atoms with Gasteiger partial charge in [0.1, 0.15) is 0 Å². The van der Waals surface area contributed by atoms with Gasteiger partial charge in [-0.05, 0) is 44.7 Å². The molecule has 2 fully saturated rings. The van der Waals surface area contributed by atoms with Crippen molar-refractivity contribution in [3.8, 4) is 0 Å². The number of esters is 1. The molecule has 2 atom stereocenters. The number of aromatic nitrogens is 1. The van der Waals surface area contributed by atoms with E-state index >= 15 is 0 Å². The van der Waals surface area contributed by atoms with Gasteiger partial charge in [0, 0.05) is 17.9 Å². The summed E-state index contributed by atoms with van der Waals surface area (Å²) in [4.78, 5) is 42.3. The largest absolute Gasteiger partial charge is 0.466 e. The molecule has 0 spiro atoms.